The van der Waals surface area contributed by atoms with Crippen LogP contribution >= 0.6 is 0 Å². The van der Waals surface area contributed by atoms with Gasteiger partial charge in [-0.05, 0) is 31.4 Å². The molecule has 2 heterocycles. The summed E-state index contributed by atoms with van der Waals surface area (Å²) >= 11 is 0. The zero-order chi connectivity index (χ0) is 13.2. The maximum Gasteiger partial charge on any atom is 0.349 e. The quantitative estimate of drug-likeness (QED) is 0.335. The van der Waals surface area contributed by atoms with Crippen LogP contribution in [0.15, 0.2) is 36.0 Å². The van der Waals surface area contributed by atoms with Crippen LogP contribution in [0.5, 0.6) is 5.75 Å². The second-order valence-electron chi connectivity index (χ2n) is 4.85. The van der Waals surface area contributed by atoms with Crippen LogP contribution in [-0.2, 0) is 4.79 Å². The van der Waals surface area contributed by atoms with E-state index in [1.165, 1.54) is 6.42 Å². The lowest BCUT2D eigenvalue weighted by Gasteiger charge is -2.26. The highest BCUT2D eigenvalue weighted by Crippen LogP contribution is 2.27. The number of ketones is 1. The molecule has 0 radical (unpaired) electrons. The fraction of sp³-hybridized carbons (Fsp3) is 0.333. The van der Waals surface area contributed by atoms with Crippen LogP contribution in [0.4, 0.5) is 0 Å². The van der Waals surface area contributed by atoms with Crippen molar-refractivity contribution in [2.75, 3.05) is 13.1 Å². The minimum absolute atomic E-state index is 0.139. The molecular weight excluding hydrogens is 242 g/mol. The molecule has 2 aliphatic heterocycles. The summed E-state index contributed by atoms with van der Waals surface area (Å²) in [5, 5.41) is 0. The van der Waals surface area contributed by atoms with Crippen molar-refractivity contribution < 1.29 is 14.3 Å². The first-order valence-electron chi connectivity index (χ1n) is 6.57. The zero-order valence-electron chi connectivity index (χ0n) is 10.6. The molecule has 0 atom stereocenters. The average molecular weight is 257 g/mol. The summed E-state index contributed by atoms with van der Waals surface area (Å²) in [7, 11) is 0. The van der Waals surface area contributed by atoms with Crippen molar-refractivity contribution in [2.45, 2.75) is 19.3 Å². The van der Waals surface area contributed by atoms with E-state index in [1.807, 2.05) is 4.90 Å². The number of rotatable bonds is 1. The molecule has 4 nitrogen and oxygen atoms in total. The topological polar surface area (TPSA) is 46.6 Å². The standard InChI is InChI=1S/C15H15NO3/c17-14-11-6-2-3-7-13(11)19-15(18)12(14)10-16-8-4-1-5-9-16/h2-3,6-7,10H,1,4-5,8-9H2. The number of nitrogens with zero attached hydrogens (tertiary/aromatic N) is 1. The molecule has 0 bridgehead atoms. The number of para-hydroxylation sites is 1. The third-order valence-corrected chi connectivity index (χ3v) is 3.50. The molecule has 1 aromatic rings. The van der Waals surface area contributed by atoms with Gasteiger partial charge in [-0.3, -0.25) is 4.79 Å². The molecule has 3 rings (SSSR count). The second-order valence-corrected chi connectivity index (χ2v) is 4.85. The normalized spacial score (nSPS) is 21.3. The van der Waals surface area contributed by atoms with Crippen molar-refractivity contribution in [1.82, 2.24) is 4.90 Å². The largest absolute Gasteiger partial charge is 0.422 e. The average Bonchev–Trinajstić information content (AvgIpc) is 2.45. The Bertz CT molecular complexity index is 556. The van der Waals surface area contributed by atoms with Gasteiger partial charge in [0.25, 0.3) is 0 Å². The van der Waals surface area contributed by atoms with Crippen molar-refractivity contribution in [2.24, 2.45) is 0 Å². The SMILES string of the molecule is O=C1Oc2ccccc2C(=O)C1=CN1CCCCC1. The number of hydrogen-bond donors (Lipinski definition) is 0. The number of esters is 1. The molecule has 0 unspecified atom stereocenters. The van der Waals surface area contributed by atoms with E-state index < -0.39 is 5.97 Å². The van der Waals surface area contributed by atoms with Gasteiger partial charge in [0.05, 0.1) is 5.56 Å². The molecule has 0 saturated carbocycles. The lowest BCUT2D eigenvalue weighted by Crippen LogP contribution is -2.30. The van der Waals surface area contributed by atoms with E-state index in [0.29, 0.717) is 11.3 Å². The Labute approximate surface area is 111 Å². The van der Waals surface area contributed by atoms with Crippen LogP contribution < -0.4 is 4.74 Å². The van der Waals surface area contributed by atoms with Crippen LogP contribution in [0.2, 0.25) is 0 Å². The Morgan fingerprint density at radius 3 is 2.58 bits per heavy atom. The first-order chi connectivity index (χ1) is 9.25. The van der Waals surface area contributed by atoms with Crippen molar-refractivity contribution in [1.29, 1.82) is 0 Å². The molecule has 0 amide bonds. The molecule has 2 aliphatic rings. The van der Waals surface area contributed by atoms with Crippen LogP contribution in [0, 0.1) is 0 Å². The summed E-state index contributed by atoms with van der Waals surface area (Å²) < 4.78 is 5.20. The molecule has 4 heteroatoms. The minimum Gasteiger partial charge on any atom is -0.422 e. The maximum absolute atomic E-state index is 12.3. The van der Waals surface area contributed by atoms with E-state index in [0.717, 1.165) is 25.9 Å². The maximum atomic E-state index is 12.3. The van der Waals surface area contributed by atoms with E-state index in [9.17, 15) is 9.59 Å². The zero-order valence-corrected chi connectivity index (χ0v) is 10.6. The van der Waals surface area contributed by atoms with E-state index in [2.05, 4.69) is 0 Å². The monoisotopic (exact) mass is 257 g/mol. The fourth-order valence-corrected chi connectivity index (χ4v) is 2.48. The molecule has 1 fully saturated rings. The highest BCUT2D eigenvalue weighted by atomic mass is 16.5. The Morgan fingerprint density at radius 1 is 1.05 bits per heavy atom. The molecular formula is C15H15NO3. The number of carbonyl (C=O) groups is 2. The van der Waals surface area contributed by atoms with Gasteiger partial charge in [-0.15, -0.1) is 0 Å². The van der Waals surface area contributed by atoms with Crippen LogP contribution in [0.25, 0.3) is 0 Å². The van der Waals surface area contributed by atoms with Gasteiger partial charge >= 0.3 is 5.97 Å². The van der Waals surface area contributed by atoms with Gasteiger partial charge < -0.3 is 9.64 Å². The molecule has 0 spiro atoms. The molecule has 1 saturated heterocycles. The molecule has 0 aromatic heterocycles. The van der Waals surface area contributed by atoms with Gasteiger partial charge in [-0.25, -0.2) is 4.79 Å². The number of piperidine rings is 1. The molecule has 0 N–H and O–H groups in total. The Kier molecular flexibility index (Phi) is 3.07. The second kappa shape index (κ2) is 4.88. The summed E-state index contributed by atoms with van der Waals surface area (Å²) in [6, 6.07) is 6.85. The van der Waals surface area contributed by atoms with Crippen molar-refractivity contribution >= 4 is 11.8 Å². The lowest BCUT2D eigenvalue weighted by atomic mass is 10.00. The Balaban J connectivity index is 1.92. The lowest BCUT2D eigenvalue weighted by molar-refractivity contribution is -0.130. The van der Waals surface area contributed by atoms with Crippen molar-refractivity contribution in [3.63, 3.8) is 0 Å². The first-order valence-corrected chi connectivity index (χ1v) is 6.57. The molecule has 1 aromatic carbocycles. The summed E-state index contributed by atoms with van der Waals surface area (Å²) in [4.78, 5) is 26.2. The number of fused-ring (bicyclic) bond motifs is 1. The Hall–Kier alpha value is -2.10. The number of carbonyl (C=O) groups excluding carboxylic acids is 2. The molecule has 0 aliphatic carbocycles. The predicted molar refractivity (Wildman–Crippen MR) is 69.9 cm³/mol. The third-order valence-electron chi connectivity index (χ3n) is 3.50. The number of likely N-dealkylation sites (tertiary alicyclic amines) is 1. The van der Waals surface area contributed by atoms with Crippen molar-refractivity contribution in [3.8, 4) is 5.75 Å². The van der Waals surface area contributed by atoms with E-state index in [-0.39, 0.29) is 11.4 Å². The highest BCUT2D eigenvalue weighted by molar-refractivity contribution is 6.27. The van der Waals surface area contributed by atoms with Gasteiger partial charge in [0.1, 0.15) is 11.3 Å². The molecule has 19 heavy (non-hydrogen) atoms. The van der Waals surface area contributed by atoms with E-state index >= 15 is 0 Å². The molecule has 98 valence electrons. The Morgan fingerprint density at radius 2 is 1.79 bits per heavy atom. The van der Waals surface area contributed by atoms with Crippen LogP contribution in [0.1, 0.15) is 29.6 Å². The van der Waals surface area contributed by atoms with Crippen LogP contribution in [-0.4, -0.2) is 29.7 Å². The third kappa shape index (κ3) is 2.26. The number of ether oxygens (including phenoxy) is 1. The van der Waals surface area contributed by atoms with Gasteiger partial charge in [0.2, 0.25) is 5.78 Å². The predicted octanol–water partition coefficient (Wildman–Crippen LogP) is 2.16. The van der Waals surface area contributed by atoms with Gasteiger partial charge in [0.15, 0.2) is 0 Å². The summed E-state index contributed by atoms with van der Waals surface area (Å²) in [5.41, 5.74) is 0.603. The van der Waals surface area contributed by atoms with Gasteiger partial charge in [-0.2, -0.15) is 0 Å². The smallest absolute Gasteiger partial charge is 0.349 e. The van der Waals surface area contributed by atoms with E-state index in [4.69, 9.17) is 4.74 Å². The highest BCUT2D eigenvalue weighted by Gasteiger charge is 2.31. The summed E-state index contributed by atoms with van der Waals surface area (Å²) in [6.07, 6.45) is 5.08. The fourth-order valence-electron chi connectivity index (χ4n) is 2.48. The van der Waals surface area contributed by atoms with Crippen molar-refractivity contribution in [3.05, 3.63) is 41.6 Å². The summed E-state index contributed by atoms with van der Waals surface area (Å²) in [5.74, 6) is -0.431. The number of Topliss-reactive ketones (excluding diaryl/α,β-unsaturated/α-hetero) is 1. The summed E-state index contributed by atoms with van der Waals surface area (Å²) in [6.45, 7) is 1.79. The minimum atomic E-state index is -0.547. The first kappa shape index (κ1) is 12.0. The van der Waals surface area contributed by atoms with Gasteiger partial charge in [-0.1, -0.05) is 12.1 Å². The van der Waals surface area contributed by atoms with Crippen LogP contribution in [0.3, 0.4) is 0 Å². The number of hydrogen-bond acceptors (Lipinski definition) is 4. The van der Waals surface area contributed by atoms with E-state index in [1.54, 1.807) is 30.5 Å². The van der Waals surface area contributed by atoms with Gasteiger partial charge in [0, 0.05) is 19.3 Å². The number of benzene rings is 1.